The molecule has 0 saturated carbocycles. The Labute approximate surface area is 207 Å². The van der Waals surface area contributed by atoms with Crippen LogP contribution < -0.4 is 11.1 Å². The first-order valence-corrected chi connectivity index (χ1v) is 11.7. The quantitative estimate of drug-likeness (QED) is 0.417. The molecule has 186 valence electrons. The van der Waals surface area contributed by atoms with Gasteiger partial charge in [-0.2, -0.15) is 0 Å². The van der Waals surface area contributed by atoms with Crippen molar-refractivity contribution >= 4 is 22.7 Å². The zero-order valence-corrected chi connectivity index (χ0v) is 21.4. The summed E-state index contributed by atoms with van der Waals surface area (Å²) in [6, 6.07) is 8.83. The summed E-state index contributed by atoms with van der Waals surface area (Å²) in [5.41, 5.74) is 9.67. The van der Waals surface area contributed by atoms with E-state index in [0.717, 1.165) is 22.6 Å². The second-order valence-corrected chi connectivity index (χ2v) is 7.32. The third kappa shape index (κ3) is 8.14. The van der Waals surface area contributed by atoms with Gasteiger partial charge in [0, 0.05) is 42.0 Å². The van der Waals surface area contributed by atoms with Crippen molar-refractivity contribution in [1.82, 2.24) is 15.3 Å². The van der Waals surface area contributed by atoms with E-state index in [-0.39, 0.29) is 12.5 Å². The third-order valence-electron chi connectivity index (χ3n) is 4.81. The van der Waals surface area contributed by atoms with Gasteiger partial charge in [0.15, 0.2) is 0 Å². The maximum atomic E-state index is 13.5. The summed E-state index contributed by atoms with van der Waals surface area (Å²) in [6.07, 6.45) is 4.73. The number of benzene rings is 1. The highest BCUT2D eigenvalue weighted by Crippen LogP contribution is 2.22. The van der Waals surface area contributed by atoms with Crippen LogP contribution in [0.15, 0.2) is 66.8 Å². The molecule has 0 aliphatic heterocycles. The van der Waals surface area contributed by atoms with E-state index >= 15 is 0 Å². The number of rotatable bonds is 7. The summed E-state index contributed by atoms with van der Waals surface area (Å²) in [4.78, 5) is 33.0. The van der Waals surface area contributed by atoms with Gasteiger partial charge in [-0.05, 0) is 67.0 Å². The maximum Gasteiger partial charge on any atom is 0.251 e. The van der Waals surface area contributed by atoms with E-state index in [1.54, 1.807) is 37.5 Å². The molecule has 2 aromatic heterocycles. The molecule has 2 amide bonds. The molecule has 35 heavy (non-hydrogen) atoms. The van der Waals surface area contributed by atoms with Crippen molar-refractivity contribution in [3.05, 3.63) is 94.7 Å². The number of hydrogen-bond acceptors (Lipinski definition) is 4. The summed E-state index contributed by atoms with van der Waals surface area (Å²) >= 11 is 0. The zero-order chi connectivity index (χ0) is 26.5. The predicted molar refractivity (Wildman–Crippen MR) is 141 cm³/mol. The van der Waals surface area contributed by atoms with Gasteiger partial charge in [0.05, 0.1) is 11.1 Å². The molecule has 7 heteroatoms. The molecule has 0 saturated heterocycles. The van der Waals surface area contributed by atoms with Gasteiger partial charge < -0.3 is 11.1 Å². The number of hydrogen-bond donors (Lipinski definition) is 2. The lowest BCUT2D eigenvalue weighted by molar-refractivity contribution is 0.0955. The van der Waals surface area contributed by atoms with E-state index < -0.39 is 11.7 Å². The summed E-state index contributed by atoms with van der Waals surface area (Å²) in [5, 5.41) is 3.49. The van der Waals surface area contributed by atoms with E-state index in [4.69, 9.17) is 5.73 Å². The topological polar surface area (TPSA) is 98.0 Å². The largest absolute Gasteiger partial charge is 0.366 e. The summed E-state index contributed by atoms with van der Waals surface area (Å²) < 4.78 is 13.5. The van der Waals surface area contributed by atoms with Gasteiger partial charge in [0.2, 0.25) is 0 Å². The van der Waals surface area contributed by atoms with E-state index in [2.05, 4.69) is 21.9 Å². The lowest BCUT2D eigenvalue weighted by atomic mass is 10.00. The van der Waals surface area contributed by atoms with Crippen LogP contribution in [-0.4, -0.2) is 28.3 Å². The van der Waals surface area contributed by atoms with Crippen molar-refractivity contribution in [3.63, 3.8) is 0 Å². The monoisotopic (exact) mass is 478 g/mol. The van der Waals surface area contributed by atoms with Crippen LogP contribution in [0.3, 0.4) is 0 Å². The van der Waals surface area contributed by atoms with Gasteiger partial charge in [0.1, 0.15) is 5.83 Å². The van der Waals surface area contributed by atoms with Crippen LogP contribution in [0.1, 0.15) is 72.2 Å². The van der Waals surface area contributed by atoms with Crippen LogP contribution in [0, 0.1) is 6.92 Å². The number of fused-ring (bicyclic) bond motifs is 1. The van der Waals surface area contributed by atoms with Crippen molar-refractivity contribution in [3.8, 4) is 0 Å². The van der Waals surface area contributed by atoms with Gasteiger partial charge in [-0.15, -0.1) is 0 Å². The fraction of sp³-hybridized carbons (Fsp3) is 0.286. The van der Waals surface area contributed by atoms with Crippen molar-refractivity contribution in [2.45, 2.75) is 48.0 Å². The number of carbonyl (C=O) groups excluding carboxylic acids is 2. The van der Waals surface area contributed by atoms with Gasteiger partial charge >= 0.3 is 0 Å². The molecule has 0 aliphatic carbocycles. The Hall–Kier alpha value is -3.87. The number of pyridine rings is 2. The van der Waals surface area contributed by atoms with Crippen LogP contribution in [-0.2, 0) is 6.42 Å². The average Bonchev–Trinajstić information content (AvgIpc) is 2.88. The number of nitrogens with zero attached hydrogens (tertiary/aromatic N) is 2. The minimum atomic E-state index is -0.556. The average molecular weight is 479 g/mol. The van der Waals surface area contributed by atoms with Gasteiger partial charge in [0.25, 0.3) is 11.8 Å². The van der Waals surface area contributed by atoms with E-state index in [0.29, 0.717) is 34.3 Å². The molecule has 0 spiro atoms. The smallest absolute Gasteiger partial charge is 0.251 e. The summed E-state index contributed by atoms with van der Waals surface area (Å²) in [6.45, 7) is 15.0. The molecular weight excluding hydrogens is 443 g/mol. The number of primary amides is 1. The minimum Gasteiger partial charge on any atom is -0.366 e. The van der Waals surface area contributed by atoms with Crippen LogP contribution in [0.4, 0.5) is 4.39 Å². The second-order valence-electron chi connectivity index (χ2n) is 7.32. The van der Waals surface area contributed by atoms with Crippen LogP contribution in [0.2, 0.25) is 0 Å². The fourth-order valence-electron chi connectivity index (χ4n) is 3.21. The van der Waals surface area contributed by atoms with Crippen molar-refractivity contribution in [2.75, 3.05) is 6.54 Å². The highest BCUT2D eigenvalue weighted by molar-refractivity contribution is 6.05. The first-order valence-electron chi connectivity index (χ1n) is 11.7. The Morgan fingerprint density at radius 2 is 1.80 bits per heavy atom. The molecule has 6 nitrogen and oxygen atoms in total. The number of amides is 2. The number of carbonyl (C=O) groups is 2. The standard InChI is InChI=1S/C24H23FN4O2.2C2H6/c1-4-21(25)15(3)13-29-24(31)17-5-6-27-19(11-17)9-16-8-18-7-14(2)12-28-22(18)20(10-16)23(26)30;2*1-2/h4-8,10-12H,1,9,13H2,2-3H3,(H2,26,30)(H,29,31);2*1-2H3/b21-15-;;. The molecule has 0 atom stereocenters. The maximum absolute atomic E-state index is 13.5. The molecular formula is C28H35FN4O2. The van der Waals surface area contributed by atoms with E-state index in [1.165, 1.54) is 0 Å². The van der Waals surface area contributed by atoms with Gasteiger partial charge in [-0.3, -0.25) is 19.6 Å². The number of allylic oxidation sites excluding steroid dienone is 2. The lowest BCUT2D eigenvalue weighted by Crippen LogP contribution is -2.25. The van der Waals surface area contributed by atoms with Gasteiger partial charge in [-0.25, -0.2) is 4.39 Å². The number of aryl methyl sites for hydroxylation is 1. The van der Waals surface area contributed by atoms with Gasteiger partial charge in [-0.1, -0.05) is 34.3 Å². The molecule has 1 aromatic carbocycles. The summed E-state index contributed by atoms with van der Waals surface area (Å²) in [7, 11) is 0. The number of nitrogens with two attached hydrogens (primary N) is 1. The first-order chi connectivity index (χ1) is 16.8. The molecule has 2 heterocycles. The lowest BCUT2D eigenvalue weighted by Gasteiger charge is -2.10. The number of aromatic nitrogens is 2. The van der Waals surface area contributed by atoms with Crippen molar-refractivity contribution in [2.24, 2.45) is 5.73 Å². The Morgan fingerprint density at radius 3 is 2.43 bits per heavy atom. The Morgan fingerprint density at radius 1 is 1.11 bits per heavy atom. The van der Waals surface area contributed by atoms with Crippen molar-refractivity contribution < 1.29 is 14.0 Å². The Bertz CT molecular complexity index is 1220. The molecule has 3 N–H and O–H groups in total. The van der Waals surface area contributed by atoms with E-state index in [9.17, 15) is 14.0 Å². The van der Waals surface area contributed by atoms with Crippen molar-refractivity contribution in [1.29, 1.82) is 0 Å². The second kappa shape index (κ2) is 14.4. The molecule has 0 fully saturated rings. The Kier molecular flexibility index (Phi) is 12.0. The SMILES string of the molecule is C=C/C(F)=C(\C)CNC(=O)c1ccnc(Cc2cc(C(N)=O)c3ncc(C)cc3c2)c1.CC.CC. The van der Waals surface area contributed by atoms with Crippen LogP contribution >= 0.6 is 0 Å². The molecule has 3 rings (SSSR count). The number of halogens is 1. The first kappa shape index (κ1) is 29.2. The fourth-order valence-corrected chi connectivity index (χ4v) is 3.21. The predicted octanol–water partition coefficient (Wildman–Crippen LogP) is 5.84. The summed E-state index contributed by atoms with van der Waals surface area (Å²) in [5.74, 6) is -1.35. The number of nitrogens with one attached hydrogen (secondary N) is 1. The molecule has 0 radical (unpaired) electrons. The molecule has 0 unspecified atom stereocenters. The third-order valence-corrected chi connectivity index (χ3v) is 4.81. The molecule has 0 bridgehead atoms. The highest BCUT2D eigenvalue weighted by atomic mass is 19.1. The van der Waals surface area contributed by atoms with Crippen LogP contribution in [0.5, 0.6) is 0 Å². The zero-order valence-electron chi connectivity index (χ0n) is 21.4. The molecule has 0 aliphatic rings. The Balaban J connectivity index is 0.00000145. The van der Waals surface area contributed by atoms with Crippen LogP contribution in [0.25, 0.3) is 10.9 Å². The molecule has 3 aromatic rings. The normalized spacial score (nSPS) is 10.7. The highest BCUT2D eigenvalue weighted by Gasteiger charge is 2.13. The van der Waals surface area contributed by atoms with E-state index in [1.807, 2.05) is 46.8 Å². The minimum absolute atomic E-state index is 0.0767.